The molecule has 1 aliphatic rings. The first kappa shape index (κ1) is 14.0. The van der Waals surface area contributed by atoms with Gasteiger partial charge in [-0.1, -0.05) is 0 Å². The molecule has 1 fully saturated rings. The zero-order chi connectivity index (χ0) is 13.8. The Labute approximate surface area is 113 Å². The first-order chi connectivity index (χ1) is 9.11. The van der Waals surface area contributed by atoms with Crippen LogP contribution in [0.4, 0.5) is 0 Å². The number of carbonyl (C=O) groups excluding carboxylic acids is 1. The molecule has 19 heavy (non-hydrogen) atoms. The topological polar surface area (TPSA) is 60.2 Å². The molecule has 0 radical (unpaired) electrons. The Morgan fingerprint density at radius 3 is 3.05 bits per heavy atom. The Bertz CT molecular complexity index is 430. The lowest BCUT2D eigenvalue weighted by Gasteiger charge is -2.31. The molecule has 0 aliphatic carbocycles. The lowest BCUT2D eigenvalue weighted by Crippen LogP contribution is -2.39. The number of piperidine rings is 1. The van der Waals surface area contributed by atoms with E-state index in [9.17, 15) is 4.79 Å². The summed E-state index contributed by atoms with van der Waals surface area (Å²) < 4.78 is 6.77. The van der Waals surface area contributed by atoms with E-state index in [0.717, 1.165) is 38.3 Å². The molecule has 0 N–H and O–H groups in total. The number of methoxy groups -OCH3 is 1. The fourth-order valence-electron chi connectivity index (χ4n) is 2.58. The minimum absolute atomic E-state index is 0.00540. The second-order valence-corrected chi connectivity index (χ2v) is 5.31. The molecule has 1 saturated heterocycles. The Balaban J connectivity index is 1.99. The van der Waals surface area contributed by atoms with E-state index >= 15 is 0 Å². The summed E-state index contributed by atoms with van der Waals surface area (Å²) in [5.41, 5.74) is 0. The van der Waals surface area contributed by atoms with Gasteiger partial charge in [-0.25, -0.2) is 9.67 Å². The number of rotatable bonds is 4. The van der Waals surface area contributed by atoms with Gasteiger partial charge in [-0.3, -0.25) is 9.69 Å². The lowest BCUT2D eigenvalue weighted by molar-refractivity contribution is -0.147. The van der Waals surface area contributed by atoms with Crippen LogP contribution in [0.15, 0.2) is 6.33 Å². The number of likely N-dealkylation sites (tertiary alicyclic amines) is 1. The summed E-state index contributed by atoms with van der Waals surface area (Å²) in [6.45, 7) is 6.67. The third-order valence-corrected chi connectivity index (χ3v) is 3.54. The van der Waals surface area contributed by atoms with E-state index in [0.29, 0.717) is 6.04 Å². The molecule has 6 heteroatoms. The predicted molar refractivity (Wildman–Crippen MR) is 70.4 cm³/mol. The largest absolute Gasteiger partial charge is 0.469 e. The molecule has 2 rings (SSSR count). The highest BCUT2D eigenvalue weighted by Gasteiger charge is 2.27. The van der Waals surface area contributed by atoms with Crippen LogP contribution < -0.4 is 0 Å². The van der Waals surface area contributed by atoms with Crippen molar-refractivity contribution in [2.45, 2.75) is 39.3 Å². The van der Waals surface area contributed by atoms with E-state index in [1.807, 2.05) is 4.68 Å². The third kappa shape index (κ3) is 3.32. The average Bonchev–Trinajstić information content (AvgIpc) is 2.86. The van der Waals surface area contributed by atoms with Crippen molar-refractivity contribution in [2.24, 2.45) is 5.92 Å². The van der Waals surface area contributed by atoms with Gasteiger partial charge in [0.1, 0.15) is 12.2 Å². The van der Waals surface area contributed by atoms with Crippen LogP contribution in [0, 0.1) is 5.92 Å². The van der Waals surface area contributed by atoms with Crippen LogP contribution in [0.5, 0.6) is 0 Å². The smallest absolute Gasteiger partial charge is 0.309 e. The maximum Gasteiger partial charge on any atom is 0.309 e. The van der Waals surface area contributed by atoms with Crippen LogP contribution in [-0.4, -0.2) is 45.8 Å². The number of ether oxygens (including phenoxy) is 1. The van der Waals surface area contributed by atoms with Gasteiger partial charge in [0.15, 0.2) is 0 Å². The number of nitrogens with zero attached hydrogens (tertiary/aromatic N) is 4. The number of hydrogen-bond acceptors (Lipinski definition) is 5. The molecule has 0 amide bonds. The van der Waals surface area contributed by atoms with Crippen LogP contribution in [0.1, 0.15) is 38.6 Å². The second kappa shape index (κ2) is 6.14. The summed E-state index contributed by atoms with van der Waals surface area (Å²) in [6, 6.07) is 0.304. The summed E-state index contributed by atoms with van der Waals surface area (Å²) in [5, 5.41) is 4.24. The normalized spacial score (nSPS) is 20.7. The molecular weight excluding hydrogens is 244 g/mol. The highest BCUT2D eigenvalue weighted by molar-refractivity contribution is 5.72. The highest BCUT2D eigenvalue weighted by Crippen LogP contribution is 2.19. The summed E-state index contributed by atoms with van der Waals surface area (Å²) in [4.78, 5) is 18.2. The van der Waals surface area contributed by atoms with Crippen LogP contribution in [0.2, 0.25) is 0 Å². The summed E-state index contributed by atoms with van der Waals surface area (Å²) in [6.07, 6.45) is 3.53. The monoisotopic (exact) mass is 266 g/mol. The number of aromatic nitrogens is 3. The maximum atomic E-state index is 11.6. The minimum Gasteiger partial charge on any atom is -0.469 e. The third-order valence-electron chi connectivity index (χ3n) is 3.54. The first-order valence-corrected chi connectivity index (χ1v) is 6.80. The van der Waals surface area contributed by atoms with E-state index in [1.54, 1.807) is 6.33 Å². The van der Waals surface area contributed by atoms with Gasteiger partial charge in [0.25, 0.3) is 0 Å². The lowest BCUT2D eigenvalue weighted by atomic mass is 9.98. The van der Waals surface area contributed by atoms with Gasteiger partial charge >= 0.3 is 5.97 Å². The fraction of sp³-hybridized carbons (Fsp3) is 0.769. The molecule has 0 bridgehead atoms. The van der Waals surface area contributed by atoms with Crippen LogP contribution in [0.25, 0.3) is 0 Å². The molecule has 1 unspecified atom stereocenters. The van der Waals surface area contributed by atoms with Crippen LogP contribution in [0.3, 0.4) is 0 Å². The van der Waals surface area contributed by atoms with E-state index in [2.05, 4.69) is 28.8 Å². The molecule has 1 atom stereocenters. The quantitative estimate of drug-likeness (QED) is 0.767. The Kier molecular flexibility index (Phi) is 4.52. The van der Waals surface area contributed by atoms with Crippen molar-refractivity contribution < 1.29 is 9.53 Å². The minimum atomic E-state index is -0.102. The van der Waals surface area contributed by atoms with Gasteiger partial charge < -0.3 is 4.74 Å². The molecule has 0 saturated carbocycles. The molecule has 1 aromatic rings. The highest BCUT2D eigenvalue weighted by atomic mass is 16.5. The van der Waals surface area contributed by atoms with Crippen LogP contribution in [-0.2, 0) is 16.1 Å². The van der Waals surface area contributed by atoms with Gasteiger partial charge in [0, 0.05) is 12.6 Å². The Morgan fingerprint density at radius 2 is 2.37 bits per heavy atom. The van der Waals surface area contributed by atoms with Crippen molar-refractivity contribution in [2.75, 3.05) is 20.2 Å². The first-order valence-electron chi connectivity index (χ1n) is 6.80. The summed E-state index contributed by atoms with van der Waals surface area (Å²) >= 11 is 0. The molecular formula is C13H22N4O2. The van der Waals surface area contributed by atoms with Gasteiger partial charge in [0.05, 0.1) is 19.6 Å². The SMILES string of the molecule is COC(=O)C1CCCN(Cc2ncnn2C(C)C)C1. The van der Waals surface area contributed by atoms with Crippen molar-refractivity contribution in [3.8, 4) is 0 Å². The van der Waals surface area contributed by atoms with Gasteiger partial charge in [-0.15, -0.1) is 0 Å². The van der Waals surface area contributed by atoms with Crippen LogP contribution >= 0.6 is 0 Å². The van der Waals surface area contributed by atoms with Crippen molar-refractivity contribution >= 4 is 5.97 Å². The van der Waals surface area contributed by atoms with E-state index < -0.39 is 0 Å². The second-order valence-electron chi connectivity index (χ2n) is 5.31. The van der Waals surface area contributed by atoms with E-state index in [4.69, 9.17) is 4.74 Å². The van der Waals surface area contributed by atoms with Gasteiger partial charge in [0.2, 0.25) is 0 Å². The molecule has 1 aromatic heterocycles. The van der Waals surface area contributed by atoms with Crippen molar-refractivity contribution in [1.29, 1.82) is 0 Å². The average molecular weight is 266 g/mol. The van der Waals surface area contributed by atoms with Gasteiger partial charge in [-0.2, -0.15) is 5.10 Å². The zero-order valence-corrected chi connectivity index (χ0v) is 11.9. The van der Waals surface area contributed by atoms with Crippen molar-refractivity contribution in [3.05, 3.63) is 12.2 Å². The summed E-state index contributed by atoms with van der Waals surface area (Å²) in [7, 11) is 1.46. The van der Waals surface area contributed by atoms with E-state index in [1.165, 1.54) is 7.11 Å². The molecule has 0 aromatic carbocycles. The van der Waals surface area contributed by atoms with E-state index in [-0.39, 0.29) is 11.9 Å². The predicted octanol–water partition coefficient (Wildman–Crippen LogP) is 1.24. The Hall–Kier alpha value is -1.43. The number of carbonyl (C=O) groups is 1. The number of esters is 1. The summed E-state index contributed by atoms with van der Waals surface area (Å²) in [5.74, 6) is 0.852. The van der Waals surface area contributed by atoms with Crippen molar-refractivity contribution in [1.82, 2.24) is 19.7 Å². The molecule has 6 nitrogen and oxygen atoms in total. The molecule has 106 valence electrons. The van der Waals surface area contributed by atoms with Crippen molar-refractivity contribution in [3.63, 3.8) is 0 Å². The number of hydrogen-bond donors (Lipinski definition) is 0. The Morgan fingerprint density at radius 1 is 1.58 bits per heavy atom. The molecule has 1 aliphatic heterocycles. The maximum absolute atomic E-state index is 11.6. The fourth-order valence-corrected chi connectivity index (χ4v) is 2.58. The standard InChI is InChI=1S/C13H22N4O2/c1-10(2)17-12(14-9-15-17)8-16-6-4-5-11(7-16)13(18)19-3/h9-11H,4-8H2,1-3H3. The zero-order valence-electron chi connectivity index (χ0n) is 11.9. The molecule has 2 heterocycles. The van der Waals surface area contributed by atoms with Gasteiger partial charge in [-0.05, 0) is 33.2 Å². The molecule has 0 spiro atoms.